The van der Waals surface area contributed by atoms with E-state index in [1.54, 1.807) is 7.05 Å². The maximum Gasteiger partial charge on any atom is 0.360 e. The van der Waals surface area contributed by atoms with Crippen molar-refractivity contribution < 1.29 is 19.2 Å². The Morgan fingerprint density at radius 3 is 2.68 bits per heavy atom. The minimum Gasteiger partial charge on any atom is -0.464 e. The molecule has 22 heavy (non-hydrogen) atoms. The molecule has 1 N–H and O–H groups in total. The molecule has 0 radical (unpaired) electrons. The fourth-order valence-corrected chi connectivity index (χ4v) is 1.83. The quantitative estimate of drug-likeness (QED) is 0.481. The summed E-state index contributed by atoms with van der Waals surface area (Å²) in [6, 6.07) is 0. The molecule has 0 aliphatic heterocycles. The molecule has 1 amide bonds. The second-order valence-electron chi connectivity index (χ2n) is 4.27. The standard InChI is InChI=1S/C11H12N6O5/c1-15-5-6(8(14-15)11(19)22-3)13-10(18)9-7(17(20)21)4-12-16(9)2/h4-5H,1-3H3,(H,13,18). The molecule has 0 aliphatic rings. The van der Waals surface area contributed by atoms with Crippen LogP contribution in [0.15, 0.2) is 12.4 Å². The van der Waals surface area contributed by atoms with Gasteiger partial charge in [-0.15, -0.1) is 0 Å². The SMILES string of the molecule is COC(=O)c1nn(C)cc1NC(=O)c1c([N+](=O)[O-])cnn1C. The van der Waals surface area contributed by atoms with Gasteiger partial charge in [-0.1, -0.05) is 0 Å². The zero-order valence-electron chi connectivity index (χ0n) is 11.9. The molecule has 0 saturated heterocycles. The number of hydrogen-bond donors (Lipinski definition) is 1. The molecule has 0 fully saturated rings. The number of nitrogens with one attached hydrogen (secondary N) is 1. The van der Waals surface area contributed by atoms with Gasteiger partial charge in [0.25, 0.3) is 5.91 Å². The van der Waals surface area contributed by atoms with E-state index in [1.807, 2.05) is 0 Å². The van der Waals surface area contributed by atoms with E-state index in [1.165, 1.54) is 25.0 Å². The average molecular weight is 308 g/mol. The molecular formula is C11H12N6O5. The summed E-state index contributed by atoms with van der Waals surface area (Å²) in [4.78, 5) is 34.0. The van der Waals surface area contributed by atoms with Crippen molar-refractivity contribution in [2.24, 2.45) is 14.1 Å². The highest BCUT2D eigenvalue weighted by atomic mass is 16.6. The van der Waals surface area contributed by atoms with Gasteiger partial charge in [0.15, 0.2) is 5.69 Å². The van der Waals surface area contributed by atoms with Crippen molar-refractivity contribution in [1.82, 2.24) is 19.6 Å². The van der Waals surface area contributed by atoms with Crippen LogP contribution in [-0.2, 0) is 18.8 Å². The number of carbonyl (C=O) groups is 2. The van der Waals surface area contributed by atoms with Crippen molar-refractivity contribution in [3.63, 3.8) is 0 Å². The van der Waals surface area contributed by atoms with Gasteiger partial charge in [-0.05, 0) is 0 Å². The molecule has 11 nitrogen and oxygen atoms in total. The van der Waals surface area contributed by atoms with Crippen molar-refractivity contribution in [2.45, 2.75) is 0 Å². The van der Waals surface area contributed by atoms with Gasteiger partial charge in [0.05, 0.1) is 17.7 Å². The minimum atomic E-state index is -0.787. The first kappa shape index (κ1) is 15.2. The lowest BCUT2D eigenvalue weighted by atomic mass is 10.3. The monoisotopic (exact) mass is 308 g/mol. The van der Waals surface area contributed by atoms with Gasteiger partial charge >= 0.3 is 11.7 Å². The van der Waals surface area contributed by atoms with Crippen LogP contribution >= 0.6 is 0 Å². The van der Waals surface area contributed by atoms with E-state index >= 15 is 0 Å². The Hall–Kier alpha value is -3.24. The third-order valence-electron chi connectivity index (χ3n) is 2.79. The predicted molar refractivity (Wildman–Crippen MR) is 72.4 cm³/mol. The maximum atomic E-state index is 12.2. The summed E-state index contributed by atoms with van der Waals surface area (Å²) in [7, 11) is 4.12. The first-order valence-corrected chi connectivity index (χ1v) is 5.94. The third kappa shape index (κ3) is 2.63. The number of aryl methyl sites for hydroxylation is 2. The molecule has 0 spiro atoms. The molecule has 11 heteroatoms. The number of hydrogen-bond acceptors (Lipinski definition) is 7. The van der Waals surface area contributed by atoms with Crippen molar-refractivity contribution in [1.29, 1.82) is 0 Å². The van der Waals surface area contributed by atoms with Crippen LogP contribution in [-0.4, -0.2) is 43.5 Å². The lowest BCUT2D eigenvalue weighted by Gasteiger charge is -2.04. The molecule has 116 valence electrons. The number of rotatable bonds is 4. The van der Waals surface area contributed by atoms with Crippen LogP contribution in [0.5, 0.6) is 0 Å². The van der Waals surface area contributed by atoms with E-state index < -0.39 is 22.5 Å². The first-order chi connectivity index (χ1) is 10.3. The van der Waals surface area contributed by atoms with Gasteiger partial charge in [0, 0.05) is 20.3 Å². The van der Waals surface area contributed by atoms with Crippen LogP contribution in [0.4, 0.5) is 11.4 Å². The molecule has 2 aromatic heterocycles. The lowest BCUT2D eigenvalue weighted by molar-refractivity contribution is -0.385. The van der Waals surface area contributed by atoms with E-state index in [9.17, 15) is 19.7 Å². The van der Waals surface area contributed by atoms with Gasteiger partial charge in [0.2, 0.25) is 5.69 Å². The lowest BCUT2D eigenvalue weighted by Crippen LogP contribution is -2.19. The zero-order valence-corrected chi connectivity index (χ0v) is 11.9. The highest BCUT2D eigenvalue weighted by Crippen LogP contribution is 2.20. The molecule has 2 rings (SSSR count). The molecule has 0 bridgehead atoms. The Morgan fingerprint density at radius 1 is 1.41 bits per heavy atom. The Labute approximate surface area is 123 Å². The van der Waals surface area contributed by atoms with E-state index in [0.717, 1.165) is 10.9 Å². The normalized spacial score (nSPS) is 10.3. The summed E-state index contributed by atoms with van der Waals surface area (Å²) in [5.74, 6) is -1.53. The summed E-state index contributed by atoms with van der Waals surface area (Å²) in [5.41, 5.74) is -0.716. The molecular weight excluding hydrogens is 296 g/mol. The Kier molecular flexibility index (Phi) is 3.88. The van der Waals surface area contributed by atoms with Crippen molar-refractivity contribution in [3.05, 3.63) is 33.9 Å². The largest absolute Gasteiger partial charge is 0.464 e. The fraction of sp³-hybridized carbons (Fsp3) is 0.273. The zero-order chi connectivity index (χ0) is 16.4. The number of aromatic nitrogens is 4. The minimum absolute atomic E-state index is 0.0786. The van der Waals surface area contributed by atoms with Crippen molar-refractivity contribution in [3.8, 4) is 0 Å². The van der Waals surface area contributed by atoms with Gasteiger partial charge in [-0.2, -0.15) is 10.2 Å². The Balaban J connectivity index is 2.36. The third-order valence-corrected chi connectivity index (χ3v) is 2.79. The number of amides is 1. The fourth-order valence-electron chi connectivity index (χ4n) is 1.83. The summed E-state index contributed by atoms with van der Waals surface area (Å²) in [6.07, 6.45) is 2.35. The van der Waals surface area contributed by atoms with Gasteiger partial charge < -0.3 is 10.1 Å². The number of nitro groups is 1. The topological polar surface area (TPSA) is 134 Å². The number of methoxy groups -OCH3 is 1. The van der Waals surface area contributed by atoms with Crippen LogP contribution < -0.4 is 5.32 Å². The Bertz CT molecular complexity index is 761. The number of esters is 1. The van der Waals surface area contributed by atoms with Crippen molar-refractivity contribution in [2.75, 3.05) is 12.4 Å². The van der Waals surface area contributed by atoms with Crippen molar-refractivity contribution >= 4 is 23.3 Å². The van der Waals surface area contributed by atoms with E-state index in [-0.39, 0.29) is 17.1 Å². The molecule has 0 aliphatic carbocycles. The van der Waals surface area contributed by atoms with E-state index in [4.69, 9.17) is 0 Å². The molecule has 0 unspecified atom stereocenters. The average Bonchev–Trinajstić information content (AvgIpc) is 3.01. The van der Waals surface area contributed by atoms with Gasteiger partial charge in [-0.3, -0.25) is 24.3 Å². The Morgan fingerprint density at radius 2 is 2.09 bits per heavy atom. The number of anilines is 1. The molecule has 0 aromatic carbocycles. The van der Waals surface area contributed by atoms with E-state index in [2.05, 4.69) is 20.3 Å². The number of ether oxygens (including phenoxy) is 1. The van der Waals surface area contributed by atoms with Crippen LogP contribution in [0.25, 0.3) is 0 Å². The second kappa shape index (κ2) is 5.63. The van der Waals surface area contributed by atoms with Crippen LogP contribution in [0, 0.1) is 10.1 Å². The molecule has 2 aromatic rings. The second-order valence-corrected chi connectivity index (χ2v) is 4.27. The summed E-state index contributed by atoms with van der Waals surface area (Å²) in [6.45, 7) is 0. The van der Waals surface area contributed by atoms with Crippen LogP contribution in [0.3, 0.4) is 0 Å². The van der Waals surface area contributed by atoms with Crippen LogP contribution in [0.1, 0.15) is 21.0 Å². The van der Waals surface area contributed by atoms with Crippen LogP contribution in [0.2, 0.25) is 0 Å². The number of nitrogens with zero attached hydrogens (tertiary/aromatic N) is 5. The van der Waals surface area contributed by atoms with Gasteiger partial charge in [0.1, 0.15) is 6.20 Å². The molecule has 0 saturated carbocycles. The number of carbonyl (C=O) groups excluding carboxylic acids is 2. The highest BCUT2D eigenvalue weighted by molar-refractivity contribution is 6.08. The van der Waals surface area contributed by atoms with E-state index in [0.29, 0.717) is 0 Å². The van der Waals surface area contributed by atoms with Gasteiger partial charge in [-0.25, -0.2) is 4.79 Å². The highest BCUT2D eigenvalue weighted by Gasteiger charge is 2.27. The molecule has 0 atom stereocenters. The first-order valence-electron chi connectivity index (χ1n) is 5.94. The summed E-state index contributed by atoms with van der Waals surface area (Å²) in [5, 5.41) is 20.8. The summed E-state index contributed by atoms with van der Waals surface area (Å²) >= 11 is 0. The predicted octanol–water partition coefficient (Wildman–Crippen LogP) is 0.101. The summed E-state index contributed by atoms with van der Waals surface area (Å²) < 4.78 is 6.93. The smallest absolute Gasteiger partial charge is 0.360 e. The molecule has 2 heterocycles. The maximum absolute atomic E-state index is 12.2.